The Morgan fingerprint density at radius 2 is 2.50 bits per heavy atom. The fourth-order valence-electron chi connectivity index (χ4n) is 1.12. The maximum absolute atomic E-state index is 12.9. The van der Waals surface area contributed by atoms with E-state index in [-0.39, 0.29) is 0 Å². The van der Waals surface area contributed by atoms with Crippen molar-refractivity contribution >= 4 is 6.08 Å². The maximum atomic E-state index is 12.9. The van der Waals surface area contributed by atoms with Gasteiger partial charge in [0.1, 0.15) is 5.82 Å². The smallest absolute Gasteiger partial charge is 0.220 e. The first-order valence-corrected chi connectivity index (χ1v) is 4.65. The minimum atomic E-state index is -0.421. The molecule has 1 aromatic rings. The SMILES string of the molecule is COc1ncc(F)cc1C=CCCN=[N+]=[N-]. The second-order valence-corrected chi connectivity index (χ2v) is 2.90. The van der Waals surface area contributed by atoms with Crippen LogP contribution in [0.4, 0.5) is 4.39 Å². The molecule has 0 saturated carbocycles. The van der Waals surface area contributed by atoms with Gasteiger partial charge in [-0.25, -0.2) is 9.37 Å². The van der Waals surface area contributed by atoms with Crippen molar-refractivity contribution in [1.29, 1.82) is 0 Å². The van der Waals surface area contributed by atoms with Crippen molar-refractivity contribution in [1.82, 2.24) is 4.98 Å². The summed E-state index contributed by atoms with van der Waals surface area (Å²) in [4.78, 5) is 6.40. The molecule has 6 heteroatoms. The number of azide groups is 1. The first-order chi connectivity index (χ1) is 7.77. The number of rotatable bonds is 5. The van der Waals surface area contributed by atoms with Gasteiger partial charge in [-0.1, -0.05) is 17.3 Å². The Bertz CT molecular complexity index is 427. The summed E-state index contributed by atoms with van der Waals surface area (Å²) >= 11 is 0. The monoisotopic (exact) mass is 222 g/mol. The van der Waals surface area contributed by atoms with E-state index in [2.05, 4.69) is 15.0 Å². The van der Waals surface area contributed by atoms with Gasteiger partial charge in [-0.05, 0) is 18.0 Å². The molecule has 0 aliphatic carbocycles. The van der Waals surface area contributed by atoms with Gasteiger partial charge in [0.15, 0.2) is 0 Å². The molecule has 0 radical (unpaired) electrons. The van der Waals surface area contributed by atoms with Gasteiger partial charge < -0.3 is 4.74 Å². The van der Waals surface area contributed by atoms with Crippen LogP contribution in [-0.2, 0) is 0 Å². The molecule has 0 fully saturated rings. The molecule has 0 aliphatic rings. The third-order valence-corrected chi connectivity index (χ3v) is 1.80. The van der Waals surface area contributed by atoms with Crippen LogP contribution in [-0.4, -0.2) is 18.6 Å². The summed E-state index contributed by atoms with van der Waals surface area (Å²) in [6.07, 6.45) is 5.13. The highest BCUT2D eigenvalue weighted by atomic mass is 19.1. The third-order valence-electron chi connectivity index (χ3n) is 1.80. The Kier molecular flexibility index (Phi) is 4.82. The molecule has 84 valence electrons. The second kappa shape index (κ2) is 6.42. The minimum absolute atomic E-state index is 0.362. The molecule has 0 aromatic carbocycles. The summed E-state index contributed by atoms with van der Waals surface area (Å²) < 4.78 is 17.9. The maximum Gasteiger partial charge on any atom is 0.220 e. The van der Waals surface area contributed by atoms with Crippen molar-refractivity contribution < 1.29 is 9.13 Å². The van der Waals surface area contributed by atoms with Crippen LogP contribution in [0.1, 0.15) is 12.0 Å². The van der Waals surface area contributed by atoms with E-state index in [9.17, 15) is 4.39 Å². The zero-order chi connectivity index (χ0) is 11.8. The Hall–Kier alpha value is -2.07. The number of halogens is 1. The molecule has 0 bridgehead atoms. The standard InChI is InChI=1S/C10H11FN4O/c1-16-10-8(6-9(11)7-13-10)4-2-3-5-14-15-12/h2,4,6-7H,3,5H2,1H3. The van der Waals surface area contributed by atoms with Crippen LogP contribution in [0.5, 0.6) is 5.88 Å². The van der Waals surface area contributed by atoms with E-state index in [4.69, 9.17) is 10.3 Å². The molecule has 0 amide bonds. The van der Waals surface area contributed by atoms with Crippen molar-refractivity contribution in [2.24, 2.45) is 5.11 Å². The van der Waals surface area contributed by atoms with Crippen LogP contribution < -0.4 is 4.74 Å². The van der Waals surface area contributed by atoms with Gasteiger partial charge in [0.2, 0.25) is 5.88 Å². The number of methoxy groups -OCH3 is 1. The van der Waals surface area contributed by atoms with Crippen LogP contribution in [0.2, 0.25) is 0 Å². The zero-order valence-corrected chi connectivity index (χ0v) is 8.80. The number of hydrogen-bond donors (Lipinski definition) is 0. The van der Waals surface area contributed by atoms with Gasteiger partial charge in [0, 0.05) is 17.0 Å². The summed E-state index contributed by atoms with van der Waals surface area (Å²) in [6, 6.07) is 1.33. The van der Waals surface area contributed by atoms with E-state index in [0.717, 1.165) is 6.20 Å². The number of aromatic nitrogens is 1. The van der Waals surface area contributed by atoms with Crippen molar-refractivity contribution in [2.75, 3.05) is 13.7 Å². The van der Waals surface area contributed by atoms with Crippen molar-refractivity contribution in [3.05, 3.63) is 40.2 Å². The molecule has 1 rings (SSSR count). The molecular formula is C10H11FN4O. The molecule has 16 heavy (non-hydrogen) atoms. The average molecular weight is 222 g/mol. The van der Waals surface area contributed by atoms with E-state index in [0.29, 0.717) is 24.4 Å². The molecule has 1 aromatic heterocycles. The van der Waals surface area contributed by atoms with Crippen molar-refractivity contribution in [3.8, 4) is 5.88 Å². The molecule has 0 atom stereocenters. The summed E-state index contributed by atoms with van der Waals surface area (Å²) in [5.74, 6) is -0.0584. The van der Waals surface area contributed by atoms with E-state index < -0.39 is 5.82 Å². The van der Waals surface area contributed by atoms with Crippen molar-refractivity contribution in [2.45, 2.75) is 6.42 Å². The van der Waals surface area contributed by atoms with Crippen LogP contribution >= 0.6 is 0 Å². The highest BCUT2D eigenvalue weighted by molar-refractivity contribution is 5.54. The van der Waals surface area contributed by atoms with Gasteiger partial charge in [0.25, 0.3) is 0 Å². The number of nitrogens with zero attached hydrogens (tertiary/aromatic N) is 4. The highest BCUT2D eigenvalue weighted by Gasteiger charge is 2.02. The highest BCUT2D eigenvalue weighted by Crippen LogP contribution is 2.17. The predicted octanol–water partition coefficient (Wildman–Crippen LogP) is 2.94. The van der Waals surface area contributed by atoms with Gasteiger partial charge in [-0.3, -0.25) is 0 Å². The van der Waals surface area contributed by atoms with E-state index in [1.54, 1.807) is 12.2 Å². The molecule has 0 aliphatic heterocycles. The van der Waals surface area contributed by atoms with Crippen LogP contribution in [0.25, 0.3) is 16.5 Å². The topological polar surface area (TPSA) is 70.9 Å². The molecule has 0 spiro atoms. The lowest BCUT2D eigenvalue weighted by Crippen LogP contribution is -1.92. The first kappa shape index (κ1) is 12.0. The minimum Gasteiger partial charge on any atom is -0.481 e. The number of hydrogen-bond acceptors (Lipinski definition) is 3. The summed E-state index contributed by atoms with van der Waals surface area (Å²) in [5, 5.41) is 3.37. The Morgan fingerprint density at radius 1 is 1.69 bits per heavy atom. The zero-order valence-electron chi connectivity index (χ0n) is 8.80. The molecule has 0 saturated heterocycles. The summed E-state index contributed by atoms with van der Waals surface area (Å²) in [6.45, 7) is 0.373. The molecule has 1 heterocycles. The Morgan fingerprint density at radius 3 is 3.19 bits per heavy atom. The Labute approximate surface area is 92.2 Å². The second-order valence-electron chi connectivity index (χ2n) is 2.90. The van der Waals surface area contributed by atoms with Crippen LogP contribution in [0, 0.1) is 5.82 Å². The van der Waals surface area contributed by atoms with Gasteiger partial charge >= 0.3 is 0 Å². The van der Waals surface area contributed by atoms with Crippen LogP contribution in [0.15, 0.2) is 23.5 Å². The van der Waals surface area contributed by atoms with Gasteiger partial charge in [-0.2, -0.15) is 0 Å². The lowest BCUT2D eigenvalue weighted by Gasteiger charge is -2.02. The fourth-order valence-corrected chi connectivity index (χ4v) is 1.12. The lowest BCUT2D eigenvalue weighted by molar-refractivity contribution is 0.394. The van der Waals surface area contributed by atoms with Gasteiger partial charge in [-0.15, -0.1) is 0 Å². The fraction of sp³-hybridized carbons (Fsp3) is 0.300. The van der Waals surface area contributed by atoms with E-state index in [1.165, 1.54) is 13.2 Å². The predicted molar refractivity (Wildman–Crippen MR) is 58.4 cm³/mol. The first-order valence-electron chi connectivity index (χ1n) is 4.65. The summed E-state index contributed by atoms with van der Waals surface area (Å²) in [5.41, 5.74) is 8.61. The third kappa shape index (κ3) is 3.59. The number of pyridine rings is 1. The quantitative estimate of drug-likeness (QED) is 0.332. The molecule has 5 nitrogen and oxygen atoms in total. The largest absolute Gasteiger partial charge is 0.481 e. The lowest BCUT2D eigenvalue weighted by atomic mass is 10.2. The molecular weight excluding hydrogens is 211 g/mol. The van der Waals surface area contributed by atoms with Gasteiger partial charge in [0.05, 0.1) is 13.3 Å². The average Bonchev–Trinajstić information content (AvgIpc) is 2.29. The normalized spacial score (nSPS) is 10.1. The van der Waals surface area contributed by atoms with Crippen LogP contribution in [0.3, 0.4) is 0 Å². The molecule has 0 unspecified atom stereocenters. The van der Waals surface area contributed by atoms with E-state index in [1.807, 2.05) is 0 Å². The Balaban J connectivity index is 2.71. The van der Waals surface area contributed by atoms with Crippen molar-refractivity contribution in [3.63, 3.8) is 0 Å². The molecule has 0 N–H and O–H groups in total. The van der Waals surface area contributed by atoms with E-state index >= 15 is 0 Å². The number of ether oxygens (including phenoxy) is 1. The summed E-state index contributed by atoms with van der Waals surface area (Å²) in [7, 11) is 1.47.